The van der Waals surface area contributed by atoms with Crippen LogP contribution in [0.4, 0.5) is 0 Å². The number of rotatable bonds is 5. The fourth-order valence-corrected chi connectivity index (χ4v) is 2.46. The van der Waals surface area contributed by atoms with Gasteiger partial charge in [-0.1, -0.05) is 54.9 Å². The van der Waals surface area contributed by atoms with Crippen molar-refractivity contribution in [1.82, 2.24) is 0 Å². The highest BCUT2D eigenvalue weighted by Gasteiger charge is 2.08. The molecule has 0 aliphatic rings. The molecule has 0 amide bonds. The van der Waals surface area contributed by atoms with E-state index in [2.05, 4.69) is 24.3 Å². The van der Waals surface area contributed by atoms with E-state index in [0.29, 0.717) is 0 Å². The molecule has 0 aliphatic carbocycles. The summed E-state index contributed by atoms with van der Waals surface area (Å²) in [4.78, 5) is 10.7. The van der Waals surface area contributed by atoms with E-state index in [9.17, 15) is 4.79 Å². The van der Waals surface area contributed by atoms with Gasteiger partial charge in [-0.3, -0.25) is 4.79 Å². The van der Waals surface area contributed by atoms with E-state index >= 15 is 0 Å². The second-order valence-corrected chi connectivity index (χ2v) is 5.55. The van der Waals surface area contributed by atoms with Crippen molar-refractivity contribution < 1.29 is 9.90 Å². The Morgan fingerprint density at radius 1 is 1.15 bits per heavy atom. The SMILES string of the molecule is CC(CC(=O)O)Cc1ccc(-c2cccc(Cl)c2)cc1. The smallest absolute Gasteiger partial charge is 0.303 e. The molecule has 0 radical (unpaired) electrons. The predicted octanol–water partition coefficient (Wildman–Crippen LogP) is 4.66. The first-order valence-corrected chi connectivity index (χ1v) is 6.99. The monoisotopic (exact) mass is 288 g/mol. The van der Waals surface area contributed by atoms with Gasteiger partial charge < -0.3 is 5.11 Å². The number of carboxylic acids is 1. The van der Waals surface area contributed by atoms with Crippen LogP contribution in [0, 0.1) is 5.92 Å². The van der Waals surface area contributed by atoms with Gasteiger partial charge in [-0.2, -0.15) is 0 Å². The maximum Gasteiger partial charge on any atom is 0.303 e. The van der Waals surface area contributed by atoms with Crippen molar-refractivity contribution in [1.29, 1.82) is 0 Å². The van der Waals surface area contributed by atoms with Crippen LogP contribution in [-0.4, -0.2) is 11.1 Å². The number of aliphatic carboxylic acids is 1. The van der Waals surface area contributed by atoms with Gasteiger partial charge in [0.2, 0.25) is 0 Å². The largest absolute Gasteiger partial charge is 0.481 e. The predicted molar refractivity (Wildman–Crippen MR) is 82.0 cm³/mol. The molecule has 1 unspecified atom stereocenters. The molecule has 2 nitrogen and oxygen atoms in total. The van der Waals surface area contributed by atoms with Crippen molar-refractivity contribution in [3.05, 3.63) is 59.1 Å². The zero-order valence-corrected chi connectivity index (χ0v) is 12.1. The Balaban J connectivity index is 2.08. The highest BCUT2D eigenvalue weighted by molar-refractivity contribution is 6.30. The summed E-state index contributed by atoms with van der Waals surface area (Å²) in [5, 5.41) is 9.49. The van der Waals surface area contributed by atoms with Gasteiger partial charge >= 0.3 is 5.97 Å². The molecule has 1 atom stereocenters. The van der Waals surface area contributed by atoms with E-state index in [1.807, 2.05) is 31.2 Å². The highest BCUT2D eigenvalue weighted by atomic mass is 35.5. The summed E-state index contributed by atoms with van der Waals surface area (Å²) in [6.07, 6.45) is 0.984. The van der Waals surface area contributed by atoms with E-state index in [-0.39, 0.29) is 12.3 Å². The molecule has 2 aromatic rings. The maximum absolute atomic E-state index is 10.7. The van der Waals surface area contributed by atoms with Crippen LogP contribution >= 0.6 is 11.6 Å². The standard InChI is InChI=1S/C17H17ClO2/c1-12(10-17(19)20)9-13-5-7-14(8-6-13)15-3-2-4-16(18)11-15/h2-8,11-12H,9-10H2,1H3,(H,19,20). The van der Waals surface area contributed by atoms with Gasteiger partial charge in [0.1, 0.15) is 0 Å². The van der Waals surface area contributed by atoms with Crippen molar-refractivity contribution in [3.63, 3.8) is 0 Å². The third-order valence-corrected chi connectivity index (χ3v) is 3.45. The third-order valence-electron chi connectivity index (χ3n) is 3.22. The quantitative estimate of drug-likeness (QED) is 0.869. The zero-order valence-electron chi connectivity index (χ0n) is 11.3. The van der Waals surface area contributed by atoms with Crippen LogP contribution in [0.1, 0.15) is 18.9 Å². The molecule has 0 heterocycles. The Morgan fingerprint density at radius 2 is 1.85 bits per heavy atom. The Morgan fingerprint density at radius 3 is 2.45 bits per heavy atom. The van der Waals surface area contributed by atoms with Crippen LogP contribution in [0.5, 0.6) is 0 Å². The van der Waals surface area contributed by atoms with Gasteiger partial charge in [0, 0.05) is 11.4 Å². The molecule has 0 aliphatic heterocycles. The molecule has 0 aromatic heterocycles. The fraction of sp³-hybridized carbons (Fsp3) is 0.235. The summed E-state index contributed by atoms with van der Waals surface area (Å²) in [5.74, 6) is -0.599. The number of hydrogen-bond acceptors (Lipinski definition) is 1. The summed E-state index contributed by atoms with van der Waals surface area (Å²) in [6, 6.07) is 15.9. The molecule has 0 saturated heterocycles. The Kier molecular flexibility index (Phi) is 4.80. The minimum atomic E-state index is -0.743. The number of hydrogen-bond donors (Lipinski definition) is 1. The van der Waals surface area contributed by atoms with Crippen molar-refractivity contribution >= 4 is 17.6 Å². The number of carboxylic acid groups (broad SMARTS) is 1. The molecule has 0 fully saturated rings. The van der Waals surface area contributed by atoms with Gasteiger partial charge in [0.25, 0.3) is 0 Å². The minimum Gasteiger partial charge on any atom is -0.481 e. The summed E-state index contributed by atoms with van der Waals surface area (Å²) in [6.45, 7) is 1.96. The van der Waals surface area contributed by atoms with Crippen LogP contribution < -0.4 is 0 Å². The van der Waals surface area contributed by atoms with Crippen molar-refractivity contribution in [2.75, 3.05) is 0 Å². The van der Waals surface area contributed by atoms with Gasteiger partial charge in [-0.15, -0.1) is 0 Å². The van der Waals surface area contributed by atoms with Gasteiger partial charge in [0.05, 0.1) is 0 Å². The molecular weight excluding hydrogens is 272 g/mol. The van der Waals surface area contributed by atoms with Crippen LogP contribution in [-0.2, 0) is 11.2 Å². The number of halogens is 1. The molecule has 104 valence electrons. The van der Waals surface area contributed by atoms with E-state index in [1.54, 1.807) is 0 Å². The molecule has 0 bridgehead atoms. The lowest BCUT2D eigenvalue weighted by Crippen LogP contribution is -2.06. The Hall–Kier alpha value is -1.80. The average Bonchev–Trinajstić information content (AvgIpc) is 2.38. The minimum absolute atomic E-state index is 0.143. The zero-order chi connectivity index (χ0) is 14.5. The summed E-state index contributed by atoms with van der Waals surface area (Å²) in [5.41, 5.74) is 3.36. The van der Waals surface area contributed by atoms with E-state index < -0.39 is 5.97 Å². The fourth-order valence-electron chi connectivity index (χ4n) is 2.27. The lowest BCUT2D eigenvalue weighted by molar-refractivity contribution is -0.137. The van der Waals surface area contributed by atoms with Crippen molar-refractivity contribution in [3.8, 4) is 11.1 Å². The first-order valence-electron chi connectivity index (χ1n) is 6.61. The molecule has 0 saturated carbocycles. The van der Waals surface area contributed by atoms with Crippen LogP contribution in [0.3, 0.4) is 0 Å². The lowest BCUT2D eigenvalue weighted by atomic mass is 9.96. The molecular formula is C17H17ClO2. The first kappa shape index (κ1) is 14.6. The second-order valence-electron chi connectivity index (χ2n) is 5.11. The molecule has 1 N–H and O–H groups in total. The Labute approximate surface area is 124 Å². The third kappa shape index (κ3) is 4.10. The van der Waals surface area contributed by atoms with Crippen LogP contribution in [0.25, 0.3) is 11.1 Å². The summed E-state index contributed by atoms with van der Waals surface area (Å²) >= 11 is 5.99. The highest BCUT2D eigenvalue weighted by Crippen LogP contribution is 2.23. The van der Waals surface area contributed by atoms with Crippen molar-refractivity contribution in [2.45, 2.75) is 19.8 Å². The number of carbonyl (C=O) groups is 1. The van der Waals surface area contributed by atoms with Gasteiger partial charge in [0.15, 0.2) is 0 Å². The molecule has 20 heavy (non-hydrogen) atoms. The maximum atomic E-state index is 10.7. The van der Waals surface area contributed by atoms with E-state index in [1.165, 1.54) is 0 Å². The average molecular weight is 289 g/mol. The van der Waals surface area contributed by atoms with Gasteiger partial charge in [-0.25, -0.2) is 0 Å². The topological polar surface area (TPSA) is 37.3 Å². The number of benzene rings is 2. The summed E-state index contributed by atoms with van der Waals surface area (Å²) < 4.78 is 0. The van der Waals surface area contributed by atoms with Crippen molar-refractivity contribution in [2.24, 2.45) is 5.92 Å². The normalized spacial score (nSPS) is 12.1. The van der Waals surface area contributed by atoms with Crippen LogP contribution in [0.2, 0.25) is 5.02 Å². The lowest BCUT2D eigenvalue weighted by Gasteiger charge is -2.09. The van der Waals surface area contributed by atoms with E-state index in [4.69, 9.17) is 16.7 Å². The summed E-state index contributed by atoms with van der Waals surface area (Å²) in [7, 11) is 0. The van der Waals surface area contributed by atoms with Gasteiger partial charge in [-0.05, 0) is 41.2 Å². The second kappa shape index (κ2) is 6.58. The molecule has 0 spiro atoms. The van der Waals surface area contributed by atoms with Crippen LogP contribution in [0.15, 0.2) is 48.5 Å². The molecule has 2 aromatic carbocycles. The molecule has 2 rings (SSSR count). The van der Waals surface area contributed by atoms with E-state index in [0.717, 1.165) is 28.1 Å². The molecule has 3 heteroatoms. The Bertz CT molecular complexity index is 590. The first-order chi connectivity index (χ1) is 9.54.